The van der Waals surface area contributed by atoms with Crippen molar-refractivity contribution in [2.45, 2.75) is 6.54 Å². The maximum atomic E-state index is 12.9. The van der Waals surface area contributed by atoms with E-state index in [4.69, 9.17) is 4.74 Å². The van der Waals surface area contributed by atoms with Crippen molar-refractivity contribution < 1.29 is 13.2 Å². The Hall–Kier alpha value is -1.91. The molecule has 146 valence electrons. The number of methoxy groups -OCH3 is 1. The average molecular weight is 457 g/mol. The molecule has 0 aliphatic carbocycles. The van der Waals surface area contributed by atoms with Gasteiger partial charge >= 0.3 is 0 Å². The predicted octanol–water partition coefficient (Wildman–Crippen LogP) is 1.14. The maximum absolute atomic E-state index is 12.9. The Morgan fingerprint density at radius 2 is 1.78 bits per heavy atom. The topological polar surface area (TPSA) is 84.7 Å². The van der Waals surface area contributed by atoms with E-state index in [1.54, 1.807) is 17.9 Å². The third-order valence-electron chi connectivity index (χ3n) is 4.45. The normalized spacial score (nSPS) is 15.7. The van der Waals surface area contributed by atoms with Crippen molar-refractivity contribution in [1.82, 2.24) is 13.9 Å². The molecule has 1 fully saturated rings. The van der Waals surface area contributed by atoms with Crippen molar-refractivity contribution in [3.05, 3.63) is 51.0 Å². The second-order valence-electron chi connectivity index (χ2n) is 6.32. The number of anilines is 1. The number of piperazine rings is 1. The van der Waals surface area contributed by atoms with E-state index in [0.717, 1.165) is 11.3 Å². The molecule has 3 rings (SSSR count). The van der Waals surface area contributed by atoms with E-state index in [0.29, 0.717) is 43.1 Å². The lowest BCUT2D eigenvalue weighted by molar-refractivity contribution is 0.386. The van der Waals surface area contributed by atoms with Crippen molar-refractivity contribution >= 4 is 31.8 Å². The third kappa shape index (κ3) is 4.69. The molecule has 0 spiro atoms. The van der Waals surface area contributed by atoms with Crippen LogP contribution < -0.4 is 15.2 Å². The van der Waals surface area contributed by atoms with Gasteiger partial charge in [-0.15, -0.1) is 0 Å². The lowest BCUT2D eigenvalue weighted by Crippen LogP contribution is -2.50. The number of nitrogens with zero attached hydrogens (tertiary/aromatic N) is 4. The van der Waals surface area contributed by atoms with Crippen LogP contribution in [0.4, 0.5) is 5.82 Å². The van der Waals surface area contributed by atoms with E-state index in [1.807, 2.05) is 29.2 Å². The van der Waals surface area contributed by atoms with Crippen molar-refractivity contribution in [2.24, 2.45) is 0 Å². The Kier molecular flexibility index (Phi) is 5.87. The van der Waals surface area contributed by atoms with Crippen LogP contribution in [0.3, 0.4) is 0 Å². The quantitative estimate of drug-likeness (QED) is 0.670. The predicted molar refractivity (Wildman–Crippen MR) is 107 cm³/mol. The zero-order valence-corrected chi connectivity index (χ0v) is 17.5. The standard InChI is InChI=1S/C17H21BrN4O4S/c1-26-14-5-3-13(4-6-14)11-21-12-15(18)19-16(17(21)23)20-7-9-22(10-8-20)27(2,24)25/h3-6,12H,7-11H2,1-2H3. The van der Waals surface area contributed by atoms with E-state index < -0.39 is 10.0 Å². The van der Waals surface area contributed by atoms with Gasteiger partial charge in [0.2, 0.25) is 10.0 Å². The molecular formula is C17H21BrN4O4S. The van der Waals surface area contributed by atoms with Crippen LogP contribution in [0.15, 0.2) is 39.9 Å². The molecule has 2 heterocycles. The molecule has 1 saturated heterocycles. The fraction of sp³-hybridized carbons (Fsp3) is 0.412. The minimum Gasteiger partial charge on any atom is -0.497 e. The molecule has 0 saturated carbocycles. The van der Waals surface area contributed by atoms with E-state index in [-0.39, 0.29) is 5.56 Å². The molecule has 0 atom stereocenters. The zero-order valence-electron chi connectivity index (χ0n) is 15.1. The monoisotopic (exact) mass is 456 g/mol. The molecule has 0 radical (unpaired) electrons. The first kappa shape index (κ1) is 19.8. The molecule has 8 nitrogen and oxygen atoms in total. The van der Waals surface area contributed by atoms with Gasteiger partial charge in [0.1, 0.15) is 10.4 Å². The number of hydrogen-bond donors (Lipinski definition) is 0. The highest BCUT2D eigenvalue weighted by Gasteiger charge is 2.26. The van der Waals surface area contributed by atoms with Gasteiger partial charge in [-0.2, -0.15) is 4.31 Å². The number of aromatic nitrogens is 2. The highest BCUT2D eigenvalue weighted by atomic mass is 79.9. The SMILES string of the molecule is COc1ccc(Cn2cc(Br)nc(N3CCN(S(C)(=O)=O)CC3)c2=O)cc1. The number of hydrogen-bond acceptors (Lipinski definition) is 6. The molecule has 0 amide bonds. The summed E-state index contributed by atoms with van der Waals surface area (Å²) in [7, 11) is -1.61. The number of halogens is 1. The molecule has 2 aromatic rings. The Bertz CT molecular complexity index is 967. The van der Waals surface area contributed by atoms with Gasteiger partial charge in [-0.05, 0) is 33.6 Å². The molecular weight excluding hydrogens is 436 g/mol. The summed E-state index contributed by atoms with van der Waals surface area (Å²) in [5.74, 6) is 1.08. The van der Waals surface area contributed by atoms with Gasteiger partial charge in [0, 0.05) is 32.4 Å². The maximum Gasteiger partial charge on any atom is 0.293 e. The van der Waals surface area contributed by atoms with Gasteiger partial charge in [0.05, 0.1) is 19.9 Å². The van der Waals surface area contributed by atoms with Crippen LogP contribution in [0.5, 0.6) is 5.75 Å². The molecule has 1 aromatic carbocycles. The number of rotatable bonds is 5. The van der Waals surface area contributed by atoms with Crippen molar-refractivity contribution in [1.29, 1.82) is 0 Å². The summed E-state index contributed by atoms with van der Waals surface area (Å²) in [6, 6.07) is 7.51. The highest BCUT2D eigenvalue weighted by Crippen LogP contribution is 2.16. The zero-order chi connectivity index (χ0) is 19.6. The summed E-state index contributed by atoms with van der Waals surface area (Å²) in [5.41, 5.74) is 0.755. The van der Waals surface area contributed by atoms with E-state index in [1.165, 1.54) is 10.6 Å². The van der Waals surface area contributed by atoms with Crippen LogP contribution in [0.25, 0.3) is 0 Å². The molecule has 27 heavy (non-hydrogen) atoms. The molecule has 0 unspecified atom stereocenters. The molecule has 10 heteroatoms. The van der Waals surface area contributed by atoms with E-state index in [2.05, 4.69) is 20.9 Å². The second-order valence-corrected chi connectivity index (χ2v) is 9.11. The average Bonchev–Trinajstić information content (AvgIpc) is 2.64. The van der Waals surface area contributed by atoms with Crippen LogP contribution in [-0.2, 0) is 16.6 Å². The van der Waals surface area contributed by atoms with Crippen molar-refractivity contribution in [3.63, 3.8) is 0 Å². The van der Waals surface area contributed by atoms with E-state index in [9.17, 15) is 13.2 Å². The number of benzene rings is 1. The van der Waals surface area contributed by atoms with Gasteiger partial charge < -0.3 is 14.2 Å². The van der Waals surface area contributed by atoms with Crippen molar-refractivity contribution in [3.8, 4) is 5.75 Å². The van der Waals surface area contributed by atoms with Gasteiger partial charge in [-0.25, -0.2) is 13.4 Å². The summed E-state index contributed by atoms with van der Waals surface area (Å²) in [6.45, 7) is 1.93. The summed E-state index contributed by atoms with van der Waals surface area (Å²) >= 11 is 3.37. The smallest absolute Gasteiger partial charge is 0.293 e. The van der Waals surface area contributed by atoms with Crippen LogP contribution in [0, 0.1) is 0 Å². The lowest BCUT2D eigenvalue weighted by Gasteiger charge is -2.33. The molecule has 0 N–H and O–H groups in total. The first-order chi connectivity index (χ1) is 12.8. The Balaban J connectivity index is 1.82. The lowest BCUT2D eigenvalue weighted by atomic mass is 10.2. The Morgan fingerprint density at radius 3 is 2.33 bits per heavy atom. The molecule has 0 bridgehead atoms. The first-order valence-corrected chi connectivity index (χ1v) is 11.0. The third-order valence-corrected chi connectivity index (χ3v) is 6.13. The van der Waals surface area contributed by atoms with Crippen LogP contribution in [0.1, 0.15) is 5.56 Å². The fourth-order valence-corrected chi connectivity index (χ4v) is 4.22. The van der Waals surface area contributed by atoms with Crippen molar-refractivity contribution in [2.75, 3.05) is 44.4 Å². The minimum absolute atomic E-state index is 0.207. The minimum atomic E-state index is -3.22. The molecule has 1 aromatic heterocycles. The first-order valence-electron chi connectivity index (χ1n) is 8.38. The molecule has 1 aliphatic rings. The van der Waals surface area contributed by atoms with Crippen LogP contribution in [0.2, 0.25) is 0 Å². The number of sulfonamides is 1. The number of ether oxygens (including phenoxy) is 1. The largest absolute Gasteiger partial charge is 0.497 e. The summed E-state index contributed by atoms with van der Waals surface area (Å²) in [6.07, 6.45) is 2.85. The Morgan fingerprint density at radius 1 is 1.15 bits per heavy atom. The summed E-state index contributed by atoms with van der Waals surface area (Å²) in [4.78, 5) is 19.1. The Labute approximate surface area is 166 Å². The van der Waals surface area contributed by atoms with Gasteiger partial charge in [0.15, 0.2) is 5.82 Å². The summed E-state index contributed by atoms with van der Waals surface area (Å²) < 4.78 is 32.0. The second kappa shape index (κ2) is 7.99. The van der Waals surface area contributed by atoms with Crippen LogP contribution in [-0.4, -0.2) is 61.8 Å². The highest BCUT2D eigenvalue weighted by molar-refractivity contribution is 9.10. The summed E-state index contributed by atoms with van der Waals surface area (Å²) in [5, 5.41) is 0. The van der Waals surface area contributed by atoms with Crippen LogP contribution >= 0.6 is 15.9 Å². The van der Waals surface area contributed by atoms with E-state index >= 15 is 0 Å². The van der Waals surface area contributed by atoms with Gasteiger partial charge in [-0.1, -0.05) is 12.1 Å². The van der Waals surface area contributed by atoms with Gasteiger partial charge in [-0.3, -0.25) is 4.79 Å². The molecule has 1 aliphatic heterocycles. The van der Waals surface area contributed by atoms with Gasteiger partial charge in [0.25, 0.3) is 5.56 Å². The fourth-order valence-electron chi connectivity index (χ4n) is 2.98.